The van der Waals surface area contributed by atoms with Gasteiger partial charge in [0.05, 0.1) is 0 Å². The highest BCUT2D eigenvalue weighted by Crippen LogP contribution is 2.29. The summed E-state index contributed by atoms with van der Waals surface area (Å²) in [5.41, 5.74) is 1.06. The summed E-state index contributed by atoms with van der Waals surface area (Å²) in [6.07, 6.45) is 6.64. The summed E-state index contributed by atoms with van der Waals surface area (Å²) in [5.74, 6) is -0.643. The molecular formula is C22H30N4O3S. The molecule has 2 N–H and O–H groups in total. The molecular weight excluding hydrogens is 400 g/mol. The van der Waals surface area contributed by atoms with Crippen molar-refractivity contribution in [2.45, 2.75) is 57.1 Å². The predicted molar refractivity (Wildman–Crippen MR) is 121 cm³/mol. The highest BCUT2D eigenvalue weighted by atomic mass is 32.2. The minimum absolute atomic E-state index is 0.0672. The lowest BCUT2D eigenvalue weighted by Crippen LogP contribution is -2.33. The normalized spacial score (nSPS) is 18.8. The Morgan fingerprint density at radius 1 is 1.20 bits per heavy atom. The first-order chi connectivity index (χ1) is 14.6. The van der Waals surface area contributed by atoms with E-state index in [0.717, 1.165) is 50.4 Å². The van der Waals surface area contributed by atoms with Gasteiger partial charge in [0.2, 0.25) is 5.91 Å². The minimum atomic E-state index is -0.480. The van der Waals surface area contributed by atoms with Crippen LogP contribution in [0.4, 0.5) is 5.69 Å². The van der Waals surface area contributed by atoms with Crippen molar-refractivity contribution in [3.63, 3.8) is 0 Å². The first-order valence-electron chi connectivity index (χ1n) is 10.8. The zero-order chi connectivity index (χ0) is 21.3. The molecule has 1 fully saturated rings. The molecule has 30 heavy (non-hydrogen) atoms. The predicted octanol–water partition coefficient (Wildman–Crippen LogP) is 3.42. The Labute approximate surface area is 182 Å². The van der Waals surface area contributed by atoms with Crippen molar-refractivity contribution in [2.75, 3.05) is 25.0 Å². The Hall–Kier alpha value is -2.35. The van der Waals surface area contributed by atoms with E-state index in [1.807, 2.05) is 0 Å². The Morgan fingerprint density at radius 3 is 2.77 bits per heavy atom. The standard InChI is InChI=1S/C22H30N4O3S/c1-2-3-5-11-23-20(28)16-9-8-10-17(14-16)24-19(27)15-18-21(29)25-22(30-18)26-12-6-4-7-13-26/h8-10,14,18H,2-7,11-13,15H2,1H3,(H,23,28)(H,24,27). The molecule has 3 rings (SSSR count). The number of likely N-dealkylation sites (tertiary alicyclic amines) is 1. The molecule has 0 spiro atoms. The van der Waals surface area contributed by atoms with Crippen LogP contribution in [0.25, 0.3) is 0 Å². The van der Waals surface area contributed by atoms with Crippen LogP contribution in [0.5, 0.6) is 0 Å². The van der Waals surface area contributed by atoms with Crippen LogP contribution in [0.1, 0.15) is 62.2 Å². The number of piperidine rings is 1. The van der Waals surface area contributed by atoms with Crippen LogP contribution in [0, 0.1) is 0 Å². The van der Waals surface area contributed by atoms with Gasteiger partial charge in [-0.2, -0.15) is 4.99 Å². The second-order valence-electron chi connectivity index (χ2n) is 7.68. The third-order valence-corrected chi connectivity index (χ3v) is 6.41. The Morgan fingerprint density at radius 2 is 2.00 bits per heavy atom. The minimum Gasteiger partial charge on any atom is -0.352 e. The first kappa shape index (κ1) is 22.3. The number of nitrogens with one attached hydrogen (secondary N) is 2. The first-order valence-corrected chi connectivity index (χ1v) is 11.7. The monoisotopic (exact) mass is 430 g/mol. The number of hydrogen-bond donors (Lipinski definition) is 2. The molecule has 0 aromatic heterocycles. The SMILES string of the molecule is CCCCCNC(=O)c1cccc(NC(=O)CC2SC(N3CCCCC3)=NC2=O)c1. The molecule has 1 atom stereocenters. The van der Waals surface area contributed by atoms with Crippen LogP contribution < -0.4 is 10.6 Å². The molecule has 162 valence electrons. The molecule has 0 bridgehead atoms. The van der Waals surface area contributed by atoms with Crippen LogP contribution in [0.2, 0.25) is 0 Å². The number of benzene rings is 1. The lowest BCUT2D eigenvalue weighted by atomic mass is 10.1. The van der Waals surface area contributed by atoms with E-state index in [0.29, 0.717) is 17.8 Å². The number of anilines is 1. The van der Waals surface area contributed by atoms with Crippen LogP contribution in [-0.2, 0) is 9.59 Å². The molecule has 8 heteroatoms. The van der Waals surface area contributed by atoms with E-state index in [-0.39, 0.29) is 24.1 Å². The van der Waals surface area contributed by atoms with Crippen molar-refractivity contribution in [1.29, 1.82) is 0 Å². The average Bonchev–Trinajstić information content (AvgIpc) is 3.12. The molecule has 1 aromatic carbocycles. The highest BCUT2D eigenvalue weighted by Gasteiger charge is 2.33. The summed E-state index contributed by atoms with van der Waals surface area (Å²) < 4.78 is 0. The van der Waals surface area contributed by atoms with Crippen LogP contribution in [0.15, 0.2) is 29.3 Å². The molecule has 2 aliphatic heterocycles. The zero-order valence-electron chi connectivity index (χ0n) is 17.5. The van der Waals surface area contributed by atoms with Gasteiger partial charge in [-0.3, -0.25) is 14.4 Å². The van der Waals surface area contributed by atoms with Gasteiger partial charge in [0.25, 0.3) is 11.8 Å². The second kappa shape index (κ2) is 11.2. The zero-order valence-corrected chi connectivity index (χ0v) is 18.3. The molecule has 1 unspecified atom stereocenters. The van der Waals surface area contributed by atoms with Gasteiger partial charge >= 0.3 is 0 Å². The maximum atomic E-state index is 12.5. The molecule has 0 radical (unpaired) electrons. The van der Waals surface area contributed by atoms with Gasteiger partial charge < -0.3 is 15.5 Å². The van der Waals surface area contributed by atoms with Gasteiger partial charge in [-0.15, -0.1) is 0 Å². The van der Waals surface area contributed by atoms with Gasteiger partial charge in [-0.25, -0.2) is 0 Å². The van der Waals surface area contributed by atoms with Crippen LogP contribution in [0.3, 0.4) is 0 Å². The Bertz CT molecular complexity index is 805. The molecule has 1 aromatic rings. The van der Waals surface area contributed by atoms with E-state index < -0.39 is 5.25 Å². The lowest BCUT2D eigenvalue weighted by Gasteiger charge is -2.27. The maximum absolute atomic E-state index is 12.5. The van der Waals surface area contributed by atoms with E-state index in [9.17, 15) is 14.4 Å². The molecule has 3 amide bonds. The fraction of sp³-hybridized carbons (Fsp3) is 0.545. The number of carbonyl (C=O) groups is 3. The van der Waals surface area contributed by atoms with Crippen molar-refractivity contribution >= 4 is 40.3 Å². The second-order valence-corrected chi connectivity index (χ2v) is 8.85. The van der Waals surface area contributed by atoms with Gasteiger partial charge in [-0.1, -0.05) is 37.6 Å². The van der Waals surface area contributed by atoms with Crippen molar-refractivity contribution in [1.82, 2.24) is 10.2 Å². The molecule has 0 aliphatic carbocycles. The third-order valence-electron chi connectivity index (χ3n) is 5.20. The Kier molecular flexibility index (Phi) is 8.30. The summed E-state index contributed by atoms with van der Waals surface area (Å²) in [4.78, 5) is 43.3. The number of nitrogens with zero attached hydrogens (tertiary/aromatic N) is 2. The highest BCUT2D eigenvalue weighted by molar-refractivity contribution is 8.15. The van der Waals surface area contributed by atoms with Gasteiger partial charge in [0.1, 0.15) is 5.25 Å². The van der Waals surface area contributed by atoms with Gasteiger partial charge in [-0.05, 0) is 43.9 Å². The fourth-order valence-corrected chi connectivity index (χ4v) is 4.64. The van der Waals surface area contributed by atoms with Gasteiger partial charge in [0.15, 0.2) is 5.17 Å². The number of amidine groups is 1. The topological polar surface area (TPSA) is 90.9 Å². The number of rotatable bonds is 8. The number of thioether (sulfide) groups is 1. The number of unbranched alkanes of at least 4 members (excludes halogenated alkanes) is 2. The van der Waals surface area contributed by atoms with E-state index in [4.69, 9.17) is 0 Å². The van der Waals surface area contributed by atoms with Crippen LogP contribution >= 0.6 is 11.8 Å². The number of carbonyl (C=O) groups excluding carboxylic acids is 3. The Balaban J connectivity index is 1.49. The van der Waals surface area contributed by atoms with E-state index >= 15 is 0 Å². The number of hydrogen-bond acceptors (Lipinski definition) is 5. The molecule has 0 saturated carbocycles. The van der Waals surface area contributed by atoms with Crippen LogP contribution in [-0.4, -0.2) is 52.7 Å². The van der Waals surface area contributed by atoms with E-state index in [1.165, 1.54) is 18.2 Å². The molecule has 2 heterocycles. The average molecular weight is 431 g/mol. The fourth-order valence-electron chi connectivity index (χ4n) is 3.53. The summed E-state index contributed by atoms with van der Waals surface area (Å²) in [6, 6.07) is 6.86. The van der Waals surface area contributed by atoms with Crippen molar-refractivity contribution in [3.05, 3.63) is 29.8 Å². The summed E-state index contributed by atoms with van der Waals surface area (Å²) in [7, 11) is 0. The smallest absolute Gasteiger partial charge is 0.262 e. The molecule has 7 nitrogen and oxygen atoms in total. The van der Waals surface area contributed by atoms with Crippen molar-refractivity contribution in [3.8, 4) is 0 Å². The quantitative estimate of drug-likeness (QED) is 0.617. The van der Waals surface area contributed by atoms with Crippen molar-refractivity contribution < 1.29 is 14.4 Å². The third kappa shape index (κ3) is 6.32. The number of amides is 3. The maximum Gasteiger partial charge on any atom is 0.262 e. The largest absolute Gasteiger partial charge is 0.352 e. The summed E-state index contributed by atoms with van der Waals surface area (Å²) in [5, 5.41) is 5.97. The molecule has 2 aliphatic rings. The lowest BCUT2D eigenvalue weighted by molar-refractivity contribution is -0.121. The van der Waals surface area contributed by atoms with Gasteiger partial charge in [0, 0.05) is 37.3 Å². The van der Waals surface area contributed by atoms with E-state index in [1.54, 1.807) is 24.3 Å². The molecule has 1 saturated heterocycles. The summed E-state index contributed by atoms with van der Waals surface area (Å²) >= 11 is 1.39. The summed E-state index contributed by atoms with van der Waals surface area (Å²) in [6.45, 7) is 4.60. The van der Waals surface area contributed by atoms with Crippen molar-refractivity contribution in [2.24, 2.45) is 4.99 Å². The number of aliphatic imine (C=N–C) groups is 1. The van der Waals surface area contributed by atoms with E-state index in [2.05, 4.69) is 27.4 Å².